The van der Waals surface area contributed by atoms with Crippen molar-refractivity contribution in [1.29, 1.82) is 0 Å². The first kappa shape index (κ1) is 20.3. The summed E-state index contributed by atoms with van der Waals surface area (Å²) in [4.78, 5) is 12.1. The van der Waals surface area contributed by atoms with E-state index in [0.29, 0.717) is 11.4 Å². The number of hydrogen-bond acceptors (Lipinski definition) is 4. The fourth-order valence-corrected chi connectivity index (χ4v) is 3.76. The van der Waals surface area contributed by atoms with Crippen molar-refractivity contribution in [2.24, 2.45) is 0 Å². The topological polar surface area (TPSA) is 75.7 Å². The van der Waals surface area contributed by atoms with Crippen molar-refractivity contribution in [2.45, 2.75) is 4.90 Å². The molecule has 1 N–H and O–H groups in total. The zero-order valence-corrected chi connectivity index (χ0v) is 16.4. The van der Waals surface area contributed by atoms with Gasteiger partial charge in [0.1, 0.15) is 11.6 Å². The van der Waals surface area contributed by atoms with Crippen LogP contribution in [0.4, 0.5) is 15.8 Å². The van der Waals surface area contributed by atoms with Gasteiger partial charge >= 0.3 is 0 Å². The number of amides is 1. The molecule has 0 fully saturated rings. The fourth-order valence-electron chi connectivity index (χ4n) is 2.54. The Balaban J connectivity index is 1.61. The Labute approximate surface area is 168 Å². The minimum Gasteiger partial charge on any atom is -0.484 e. The second kappa shape index (κ2) is 8.74. The van der Waals surface area contributed by atoms with E-state index in [-0.39, 0.29) is 17.2 Å². The molecule has 1 amide bonds. The summed E-state index contributed by atoms with van der Waals surface area (Å²) in [5.41, 5.74) is 0.515. The number of carbonyl (C=O) groups is 1. The summed E-state index contributed by atoms with van der Waals surface area (Å²) in [6.07, 6.45) is 0. The first-order valence-corrected chi connectivity index (χ1v) is 10.1. The van der Waals surface area contributed by atoms with Gasteiger partial charge < -0.3 is 10.1 Å². The van der Waals surface area contributed by atoms with Gasteiger partial charge in [0.25, 0.3) is 15.9 Å². The normalized spacial score (nSPS) is 11.0. The molecule has 0 atom stereocenters. The lowest BCUT2D eigenvalue weighted by Gasteiger charge is -2.19. The molecule has 0 radical (unpaired) electrons. The molecule has 150 valence electrons. The van der Waals surface area contributed by atoms with E-state index < -0.39 is 21.7 Å². The molecule has 6 nitrogen and oxygen atoms in total. The van der Waals surface area contributed by atoms with Gasteiger partial charge in [0.15, 0.2) is 6.61 Å². The quantitative estimate of drug-likeness (QED) is 0.640. The molecular formula is C21H19FN2O4S. The van der Waals surface area contributed by atoms with Crippen LogP contribution in [0.1, 0.15) is 0 Å². The second-order valence-corrected chi connectivity index (χ2v) is 8.07. The molecule has 0 heterocycles. The van der Waals surface area contributed by atoms with Crippen molar-refractivity contribution in [3.05, 3.63) is 84.7 Å². The predicted molar refractivity (Wildman–Crippen MR) is 109 cm³/mol. The van der Waals surface area contributed by atoms with E-state index in [4.69, 9.17) is 4.74 Å². The van der Waals surface area contributed by atoms with E-state index in [1.165, 1.54) is 37.4 Å². The van der Waals surface area contributed by atoms with Gasteiger partial charge in [-0.05, 0) is 48.5 Å². The van der Waals surface area contributed by atoms with Gasteiger partial charge in [0.05, 0.1) is 16.3 Å². The van der Waals surface area contributed by atoms with Crippen LogP contribution < -0.4 is 14.4 Å². The molecule has 3 rings (SSSR count). The largest absolute Gasteiger partial charge is 0.484 e. The van der Waals surface area contributed by atoms with Crippen molar-refractivity contribution in [3.63, 3.8) is 0 Å². The lowest BCUT2D eigenvalue weighted by atomic mass is 10.3. The Hall–Kier alpha value is -3.39. The molecule has 0 spiro atoms. The number of sulfonamides is 1. The third-order valence-electron chi connectivity index (χ3n) is 4.12. The number of nitrogens with one attached hydrogen (secondary N) is 1. The highest BCUT2D eigenvalue weighted by Gasteiger charge is 2.20. The molecule has 0 aliphatic carbocycles. The lowest BCUT2D eigenvalue weighted by molar-refractivity contribution is -0.118. The summed E-state index contributed by atoms with van der Waals surface area (Å²) in [5.74, 6) is -0.668. The van der Waals surface area contributed by atoms with E-state index >= 15 is 0 Å². The highest BCUT2D eigenvalue weighted by molar-refractivity contribution is 7.92. The molecule has 8 heteroatoms. The van der Waals surface area contributed by atoms with E-state index in [1.54, 1.807) is 48.5 Å². The number of hydrogen-bond donors (Lipinski definition) is 1. The number of ether oxygens (including phenoxy) is 1. The maximum atomic E-state index is 13.5. The SMILES string of the molecule is CN(c1ccc(OCC(=O)Nc2ccccc2F)cc1)S(=O)(=O)c1ccccc1. The monoisotopic (exact) mass is 414 g/mol. The number of benzene rings is 3. The maximum absolute atomic E-state index is 13.5. The van der Waals surface area contributed by atoms with Crippen LogP contribution in [0.5, 0.6) is 5.75 Å². The van der Waals surface area contributed by atoms with Gasteiger partial charge in [-0.2, -0.15) is 0 Å². The Morgan fingerprint density at radius 3 is 2.24 bits per heavy atom. The Bertz CT molecular complexity index is 1090. The average Bonchev–Trinajstić information content (AvgIpc) is 2.74. The standard InChI is InChI=1S/C21H19FN2O4S/c1-24(29(26,27)18-7-3-2-4-8-18)16-11-13-17(14-12-16)28-15-21(25)23-20-10-6-5-9-19(20)22/h2-14H,15H2,1H3,(H,23,25). The minimum atomic E-state index is -3.68. The molecule has 29 heavy (non-hydrogen) atoms. The van der Waals surface area contributed by atoms with Crippen LogP contribution in [0.25, 0.3) is 0 Å². The summed E-state index contributed by atoms with van der Waals surface area (Å²) in [6, 6.07) is 20.2. The molecule has 0 aliphatic heterocycles. The number of anilines is 2. The third kappa shape index (κ3) is 4.91. The van der Waals surface area contributed by atoms with E-state index in [2.05, 4.69) is 5.32 Å². The fraction of sp³-hybridized carbons (Fsp3) is 0.0952. The molecule has 0 aromatic heterocycles. The summed E-state index contributed by atoms with van der Waals surface area (Å²) in [6.45, 7) is -0.314. The van der Waals surface area contributed by atoms with Crippen LogP contribution in [0.15, 0.2) is 83.8 Å². The van der Waals surface area contributed by atoms with Crippen LogP contribution in [-0.4, -0.2) is 28.0 Å². The highest BCUT2D eigenvalue weighted by atomic mass is 32.2. The molecule has 0 unspecified atom stereocenters. The molecular weight excluding hydrogens is 395 g/mol. The molecule has 0 aliphatic rings. The number of rotatable bonds is 7. The van der Waals surface area contributed by atoms with Gasteiger partial charge in [-0.1, -0.05) is 30.3 Å². The highest BCUT2D eigenvalue weighted by Crippen LogP contribution is 2.24. The van der Waals surface area contributed by atoms with Crippen molar-refractivity contribution >= 4 is 27.3 Å². The summed E-state index contributed by atoms with van der Waals surface area (Å²) >= 11 is 0. The Morgan fingerprint density at radius 2 is 1.59 bits per heavy atom. The van der Waals surface area contributed by atoms with Crippen LogP contribution >= 0.6 is 0 Å². The smallest absolute Gasteiger partial charge is 0.264 e. The molecule has 3 aromatic rings. The zero-order chi connectivity index (χ0) is 20.9. The van der Waals surface area contributed by atoms with Gasteiger partial charge in [0, 0.05) is 7.05 Å². The van der Waals surface area contributed by atoms with Gasteiger partial charge in [-0.3, -0.25) is 9.10 Å². The maximum Gasteiger partial charge on any atom is 0.264 e. The predicted octanol–water partition coefficient (Wildman–Crippen LogP) is 3.67. The average molecular weight is 414 g/mol. The van der Waals surface area contributed by atoms with E-state index in [9.17, 15) is 17.6 Å². The summed E-state index contributed by atoms with van der Waals surface area (Å²) in [7, 11) is -2.22. The first-order chi connectivity index (χ1) is 13.9. The number of carbonyl (C=O) groups excluding carboxylic acids is 1. The van der Waals surface area contributed by atoms with Gasteiger partial charge in [0.2, 0.25) is 0 Å². The van der Waals surface area contributed by atoms with Gasteiger partial charge in [-0.25, -0.2) is 12.8 Å². The van der Waals surface area contributed by atoms with Crippen LogP contribution in [0.2, 0.25) is 0 Å². The molecule has 0 saturated heterocycles. The number of para-hydroxylation sites is 1. The van der Waals surface area contributed by atoms with E-state index in [1.807, 2.05) is 0 Å². The zero-order valence-electron chi connectivity index (χ0n) is 15.6. The van der Waals surface area contributed by atoms with E-state index in [0.717, 1.165) is 4.31 Å². The summed E-state index contributed by atoms with van der Waals surface area (Å²) < 4.78 is 45.4. The van der Waals surface area contributed by atoms with Crippen LogP contribution in [0.3, 0.4) is 0 Å². The van der Waals surface area contributed by atoms with Crippen molar-refractivity contribution in [2.75, 3.05) is 23.3 Å². The molecule has 0 saturated carbocycles. The molecule has 3 aromatic carbocycles. The Kier molecular flexibility index (Phi) is 6.13. The lowest BCUT2D eigenvalue weighted by Crippen LogP contribution is -2.26. The van der Waals surface area contributed by atoms with Crippen LogP contribution in [0, 0.1) is 5.82 Å². The number of nitrogens with zero attached hydrogens (tertiary/aromatic N) is 1. The van der Waals surface area contributed by atoms with Crippen molar-refractivity contribution in [1.82, 2.24) is 0 Å². The van der Waals surface area contributed by atoms with Gasteiger partial charge in [-0.15, -0.1) is 0 Å². The second-order valence-electron chi connectivity index (χ2n) is 6.10. The minimum absolute atomic E-state index is 0.0733. The first-order valence-electron chi connectivity index (χ1n) is 8.69. The van der Waals surface area contributed by atoms with Crippen LogP contribution in [-0.2, 0) is 14.8 Å². The molecule has 0 bridgehead atoms. The third-order valence-corrected chi connectivity index (χ3v) is 5.92. The van der Waals surface area contributed by atoms with Crippen molar-refractivity contribution in [3.8, 4) is 5.75 Å². The summed E-state index contributed by atoms with van der Waals surface area (Å²) in [5, 5.41) is 2.42. The van der Waals surface area contributed by atoms with Crippen molar-refractivity contribution < 1.29 is 22.3 Å². The number of halogens is 1. The Morgan fingerprint density at radius 1 is 0.966 bits per heavy atom.